The first-order valence-corrected chi connectivity index (χ1v) is 11.8. The fraction of sp³-hybridized carbons (Fsp3) is 0.955. The fourth-order valence-electron chi connectivity index (χ4n) is 3.70. The van der Waals surface area contributed by atoms with E-state index in [-0.39, 0.29) is 6.61 Å². The average Bonchev–Trinajstić information content (AvgIpc) is 3.05. The number of aliphatic hydroxyl groups is 3. The minimum Gasteiger partial charge on any atom is -0.478 e. The number of hydrogen-bond acceptors (Lipinski definition) is 6. The van der Waals surface area contributed by atoms with Gasteiger partial charge in [0, 0.05) is 6.42 Å². The van der Waals surface area contributed by atoms with Crippen LogP contribution >= 0.6 is 12.2 Å². The molecule has 1 heterocycles. The van der Waals surface area contributed by atoms with Crippen molar-refractivity contribution in [2.75, 3.05) is 13.2 Å². The molecule has 6 heteroatoms. The second-order valence-corrected chi connectivity index (χ2v) is 8.52. The summed E-state index contributed by atoms with van der Waals surface area (Å²) in [6.07, 6.45) is 14.3. The highest BCUT2D eigenvalue weighted by molar-refractivity contribution is 7.80. The standard InChI is InChI=1S/C22H42O5S/c1-2-3-4-5-6-7-8-9-10-11-12-13-14-15-20(28)27-22-19(25)17-26-21(22)18(24)16-23/h18-19,21-25H,2-17H2,1H3/t18-,19+,21-,22-/m1/s1. The second kappa shape index (κ2) is 16.5. The smallest absolute Gasteiger partial charge is 0.160 e. The van der Waals surface area contributed by atoms with Gasteiger partial charge in [-0.25, -0.2) is 0 Å². The van der Waals surface area contributed by atoms with E-state index in [1.807, 2.05) is 0 Å². The number of hydrogen-bond donors (Lipinski definition) is 3. The van der Waals surface area contributed by atoms with Gasteiger partial charge in [-0.1, -0.05) is 84.0 Å². The summed E-state index contributed by atoms with van der Waals surface area (Å²) < 4.78 is 11.0. The zero-order valence-corrected chi connectivity index (χ0v) is 18.5. The van der Waals surface area contributed by atoms with Crippen molar-refractivity contribution in [1.29, 1.82) is 0 Å². The zero-order valence-electron chi connectivity index (χ0n) is 17.7. The monoisotopic (exact) mass is 418 g/mol. The van der Waals surface area contributed by atoms with Crippen LogP contribution in [0.4, 0.5) is 0 Å². The molecule has 0 bridgehead atoms. The molecule has 0 amide bonds. The number of unbranched alkanes of at least 4 members (excludes halogenated alkanes) is 12. The molecule has 4 atom stereocenters. The number of ether oxygens (including phenoxy) is 2. The Balaban J connectivity index is 1.96. The van der Waals surface area contributed by atoms with Crippen LogP contribution in [0.1, 0.15) is 96.8 Å². The van der Waals surface area contributed by atoms with E-state index in [0.717, 1.165) is 12.8 Å². The molecule has 0 spiro atoms. The molecule has 0 aromatic carbocycles. The molecule has 1 aliphatic rings. The molecule has 0 radical (unpaired) electrons. The molecule has 1 aliphatic heterocycles. The molecule has 0 aliphatic carbocycles. The van der Waals surface area contributed by atoms with Gasteiger partial charge in [0.15, 0.2) is 11.2 Å². The van der Waals surface area contributed by atoms with E-state index < -0.39 is 31.0 Å². The maximum Gasteiger partial charge on any atom is 0.160 e. The van der Waals surface area contributed by atoms with Crippen LogP contribution in [0.2, 0.25) is 0 Å². The minimum absolute atomic E-state index is 0.0910. The van der Waals surface area contributed by atoms with E-state index >= 15 is 0 Å². The maximum absolute atomic E-state index is 9.93. The van der Waals surface area contributed by atoms with Gasteiger partial charge in [0.05, 0.1) is 13.2 Å². The lowest BCUT2D eigenvalue weighted by molar-refractivity contribution is -0.0642. The summed E-state index contributed by atoms with van der Waals surface area (Å²) >= 11 is 5.27. The van der Waals surface area contributed by atoms with Crippen LogP contribution < -0.4 is 0 Å². The summed E-state index contributed by atoms with van der Waals surface area (Å²) in [5, 5.41) is 29.2. The van der Waals surface area contributed by atoms with E-state index in [9.17, 15) is 10.2 Å². The number of aliphatic hydroxyl groups excluding tert-OH is 3. The van der Waals surface area contributed by atoms with Crippen molar-refractivity contribution in [2.24, 2.45) is 0 Å². The predicted molar refractivity (Wildman–Crippen MR) is 117 cm³/mol. The van der Waals surface area contributed by atoms with Crippen LogP contribution in [0.25, 0.3) is 0 Å². The van der Waals surface area contributed by atoms with Gasteiger partial charge in [-0.3, -0.25) is 0 Å². The molecule has 166 valence electrons. The summed E-state index contributed by atoms with van der Waals surface area (Å²) in [5.41, 5.74) is 0. The Hall–Kier alpha value is -0.270. The third kappa shape index (κ3) is 11.1. The molecular weight excluding hydrogens is 376 g/mol. The first-order chi connectivity index (χ1) is 13.6. The van der Waals surface area contributed by atoms with Crippen molar-refractivity contribution in [1.82, 2.24) is 0 Å². The quantitative estimate of drug-likeness (QED) is 0.241. The molecule has 0 aromatic rings. The molecule has 1 fully saturated rings. The van der Waals surface area contributed by atoms with Crippen LogP contribution in [0.5, 0.6) is 0 Å². The van der Waals surface area contributed by atoms with E-state index in [0.29, 0.717) is 11.5 Å². The van der Waals surface area contributed by atoms with Gasteiger partial charge in [0.25, 0.3) is 0 Å². The number of rotatable bonds is 17. The van der Waals surface area contributed by atoms with Crippen LogP contribution in [-0.4, -0.2) is 58.0 Å². The average molecular weight is 419 g/mol. The van der Waals surface area contributed by atoms with Crippen LogP contribution in [-0.2, 0) is 9.47 Å². The topological polar surface area (TPSA) is 79.2 Å². The highest BCUT2D eigenvalue weighted by Crippen LogP contribution is 2.22. The van der Waals surface area contributed by atoms with Crippen molar-refractivity contribution in [3.05, 3.63) is 0 Å². The molecule has 0 saturated carbocycles. The van der Waals surface area contributed by atoms with Gasteiger partial charge in [-0.05, 0) is 18.6 Å². The molecule has 5 nitrogen and oxygen atoms in total. The molecule has 28 heavy (non-hydrogen) atoms. The Morgan fingerprint density at radius 2 is 1.46 bits per heavy atom. The largest absolute Gasteiger partial charge is 0.478 e. The lowest BCUT2D eigenvalue weighted by Crippen LogP contribution is -2.43. The Bertz CT molecular complexity index is 393. The predicted octanol–water partition coefficient (Wildman–Crippen LogP) is 4.29. The first-order valence-electron chi connectivity index (χ1n) is 11.4. The van der Waals surface area contributed by atoms with E-state index in [4.69, 9.17) is 26.8 Å². The Labute approximate surface area is 176 Å². The Kier molecular flexibility index (Phi) is 15.2. The molecular formula is C22H42O5S. The Morgan fingerprint density at radius 1 is 0.964 bits per heavy atom. The van der Waals surface area contributed by atoms with Gasteiger partial charge in [0.1, 0.15) is 18.3 Å². The summed E-state index contributed by atoms with van der Waals surface area (Å²) in [6, 6.07) is 0. The van der Waals surface area contributed by atoms with Crippen LogP contribution in [0.3, 0.4) is 0 Å². The maximum atomic E-state index is 9.93. The van der Waals surface area contributed by atoms with Crippen LogP contribution in [0, 0.1) is 0 Å². The van der Waals surface area contributed by atoms with E-state index in [2.05, 4.69) is 6.92 Å². The summed E-state index contributed by atoms with van der Waals surface area (Å²) in [6.45, 7) is 1.92. The molecule has 1 saturated heterocycles. The molecule has 1 rings (SSSR count). The SMILES string of the molecule is CCCCCCCCCCCCCCCC(=S)O[C@H]1[C@@H]([C@H](O)CO)OC[C@@H]1O. The summed E-state index contributed by atoms with van der Waals surface area (Å²) in [5.74, 6) is 0. The van der Waals surface area contributed by atoms with Gasteiger partial charge in [-0.15, -0.1) is 0 Å². The fourth-order valence-corrected chi connectivity index (χ4v) is 3.95. The third-order valence-corrected chi connectivity index (χ3v) is 5.78. The van der Waals surface area contributed by atoms with Crippen LogP contribution in [0.15, 0.2) is 0 Å². The summed E-state index contributed by atoms with van der Waals surface area (Å²) in [4.78, 5) is 0. The summed E-state index contributed by atoms with van der Waals surface area (Å²) in [7, 11) is 0. The third-order valence-electron chi connectivity index (χ3n) is 5.48. The van der Waals surface area contributed by atoms with Crippen molar-refractivity contribution < 1.29 is 24.8 Å². The van der Waals surface area contributed by atoms with Crippen molar-refractivity contribution >= 4 is 17.3 Å². The highest BCUT2D eigenvalue weighted by atomic mass is 32.1. The van der Waals surface area contributed by atoms with Crippen molar-refractivity contribution in [2.45, 2.75) is 121 Å². The van der Waals surface area contributed by atoms with Crippen molar-refractivity contribution in [3.63, 3.8) is 0 Å². The number of thiocarbonyl (C=S) groups is 1. The highest BCUT2D eigenvalue weighted by Gasteiger charge is 2.42. The molecule has 0 aromatic heterocycles. The first kappa shape index (κ1) is 25.8. The van der Waals surface area contributed by atoms with E-state index in [1.54, 1.807) is 0 Å². The van der Waals surface area contributed by atoms with Gasteiger partial charge >= 0.3 is 0 Å². The lowest BCUT2D eigenvalue weighted by Gasteiger charge is -2.24. The zero-order chi connectivity index (χ0) is 20.6. The Morgan fingerprint density at radius 3 is 1.96 bits per heavy atom. The van der Waals surface area contributed by atoms with Gasteiger partial charge in [0.2, 0.25) is 0 Å². The molecule has 3 N–H and O–H groups in total. The minimum atomic E-state index is -1.07. The normalized spacial score (nSPS) is 23.1. The van der Waals surface area contributed by atoms with Crippen molar-refractivity contribution in [3.8, 4) is 0 Å². The van der Waals surface area contributed by atoms with Gasteiger partial charge in [-0.2, -0.15) is 0 Å². The molecule has 0 unspecified atom stereocenters. The second-order valence-electron chi connectivity index (χ2n) is 8.06. The van der Waals surface area contributed by atoms with Gasteiger partial charge < -0.3 is 24.8 Å². The van der Waals surface area contributed by atoms with E-state index in [1.165, 1.54) is 70.6 Å². The lowest BCUT2D eigenvalue weighted by atomic mass is 10.0.